The third kappa shape index (κ3) is 4.93. The van der Waals surface area contributed by atoms with Crippen molar-refractivity contribution in [1.82, 2.24) is 10.3 Å². The summed E-state index contributed by atoms with van der Waals surface area (Å²) in [5.74, 6) is 0.0538. The van der Waals surface area contributed by atoms with E-state index >= 15 is 0 Å². The predicted molar refractivity (Wildman–Crippen MR) is 93.1 cm³/mol. The van der Waals surface area contributed by atoms with Gasteiger partial charge < -0.3 is 16.0 Å². The fourth-order valence-electron chi connectivity index (χ4n) is 2.00. The van der Waals surface area contributed by atoms with Crippen molar-refractivity contribution in [3.8, 4) is 0 Å². The molecule has 1 amide bonds. The Bertz CT molecular complexity index is 726. The molecule has 23 heavy (non-hydrogen) atoms. The van der Waals surface area contributed by atoms with E-state index < -0.39 is 0 Å². The average Bonchev–Trinajstić information content (AvgIpc) is 2.54. The summed E-state index contributed by atoms with van der Waals surface area (Å²) in [7, 11) is 1.67. The number of halogens is 1. The van der Waals surface area contributed by atoms with Crippen LogP contribution in [0.15, 0.2) is 54.4 Å². The average molecular weight is 329 g/mol. The van der Waals surface area contributed by atoms with E-state index in [0.717, 1.165) is 17.3 Å². The number of nitrogens with zero attached hydrogens (tertiary/aromatic N) is 1. The minimum Gasteiger partial charge on any atom is -0.393 e. The van der Waals surface area contributed by atoms with Crippen LogP contribution in [0.2, 0.25) is 5.02 Å². The molecule has 0 atom stereocenters. The molecule has 118 valence electrons. The van der Waals surface area contributed by atoms with Gasteiger partial charge in [-0.15, -0.1) is 0 Å². The molecule has 5 nitrogen and oxygen atoms in total. The molecule has 0 unspecified atom stereocenters. The minimum atomic E-state index is -0.385. The van der Waals surface area contributed by atoms with E-state index in [2.05, 4.69) is 15.6 Å². The predicted octanol–water partition coefficient (Wildman–Crippen LogP) is 3.02. The van der Waals surface area contributed by atoms with E-state index in [1.165, 1.54) is 6.20 Å². The summed E-state index contributed by atoms with van der Waals surface area (Å²) in [6, 6.07) is 11.3. The molecule has 0 aliphatic rings. The Hall–Kier alpha value is -2.66. The molecule has 0 saturated heterocycles. The first-order valence-corrected chi connectivity index (χ1v) is 7.39. The van der Waals surface area contributed by atoms with Gasteiger partial charge in [0.05, 0.1) is 5.57 Å². The zero-order chi connectivity index (χ0) is 16.7. The molecule has 2 aromatic rings. The normalized spacial score (nSPS) is 11.0. The molecule has 1 aromatic heterocycles. The van der Waals surface area contributed by atoms with Gasteiger partial charge in [-0.25, -0.2) is 4.98 Å². The molecule has 0 bridgehead atoms. The highest BCUT2D eigenvalue weighted by Gasteiger charge is 2.08. The van der Waals surface area contributed by atoms with Crippen molar-refractivity contribution in [3.63, 3.8) is 0 Å². The van der Waals surface area contributed by atoms with Crippen LogP contribution in [0, 0.1) is 5.41 Å². The van der Waals surface area contributed by atoms with Crippen molar-refractivity contribution in [3.05, 3.63) is 70.5 Å². The third-order valence-corrected chi connectivity index (χ3v) is 3.32. The summed E-state index contributed by atoms with van der Waals surface area (Å²) in [5.41, 5.74) is 2.33. The summed E-state index contributed by atoms with van der Waals surface area (Å²) in [4.78, 5) is 16.1. The standard InChI is InChI=1S/C17H17ClN4O/c1-20-11-14(9-19)17(23)22-16-6-5-13(10-21-16)7-12-3-2-4-15(18)8-12/h2-6,8-11,19-20H,7H2,1H3,(H,21,22,23)/b14-11+,19-9?. The van der Waals surface area contributed by atoms with Crippen LogP contribution >= 0.6 is 11.6 Å². The largest absolute Gasteiger partial charge is 0.393 e. The Morgan fingerprint density at radius 3 is 2.74 bits per heavy atom. The lowest BCUT2D eigenvalue weighted by molar-refractivity contribution is -0.112. The summed E-state index contributed by atoms with van der Waals surface area (Å²) in [6.07, 6.45) is 4.87. The maximum Gasteiger partial charge on any atom is 0.259 e. The molecular formula is C17H17ClN4O. The number of hydrogen-bond donors (Lipinski definition) is 3. The molecule has 2 rings (SSSR count). The summed E-state index contributed by atoms with van der Waals surface area (Å²) in [5, 5.41) is 13.3. The Morgan fingerprint density at radius 2 is 2.13 bits per heavy atom. The zero-order valence-corrected chi connectivity index (χ0v) is 13.4. The quantitative estimate of drug-likeness (QED) is 0.563. The highest BCUT2D eigenvalue weighted by molar-refractivity contribution is 6.30. The number of carbonyl (C=O) groups is 1. The summed E-state index contributed by atoms with van der Waals surface area (Å²) in [6.45, 7) is 0. The van der Waals surface area contributed by atoms with Crippen LogP contribution in [0.25, 0.3) is 0 Å². The number of nitrogens with one attached hydrogen (secondary N) is 3. The van der Waals surface area contributed by atoms with Crippen LogP contribution in [0.3, 0.4) is 0 Å². The molecular weight excluding hydrogens is 312 g/mol. The van der Waals surface area contributed by atoms with Crippen LogP contribution in [0.1, 0.15) is 11.1 Å². The first-order valence-electron chi connectivity index (χ1n) is 7.01. The molecule has 0 saturated carbocycles. The van der Waals surface area contributed by atoms with Crippen LogP contribution in [-0.2, 0) is 11.2 Å². The van der Waals surface area contributed by atoms with Crippen LogP contribution in [-0.4, -0.2) is 24.2 Å². The van der Waals surface area contributed by atoms with Crippen LogP contribution in [0.5, 0.6) is 0 Å². The van der Waals surface area contributed by atoms with E-state index in [-0.39, 0.29) is 11.5 Å². The molecule has 0 aliphatic carbocycles. The number of carbonyl (C=O) groups excluding carboxylic acids is 1. The number of hydrogen-bond acceptors (Lipinski definition) is 4. The van der Waals surface area contributed by atoms with Crippen molar-refractivity contribution in [2.75, 3.05) is 12.4 Å². The Morgan fingerprint density at radius 1 is 1.30 bits per heavy atom. The second-order valence-electron chi connectivity index (χ2n) is 4.85. The second kappa shape index (κ2) is 8.10. The Balaban J connectivity index is 2.03. The lowest BCUT2D eigenvalue weighted by atomic mass is 10.1. The van der Waals surface area contributed by atoms with Crippen molar-refractivity contribution in [1.29, 1.82) is 5.41 Å². The van der Waals surface area contributed by atoms with Gasteiger partial charge in [-0.2, -0.15) is 0 Å². The molecule has 1 heterocycles. The second-order valence-corrected chi connectivity index (χ2v) is 5.28. The van der Waals surface area contributed by atoms with E-state index in [1.54, 1.807) is 19.3 Å². The van der Waals surface area contributed by atoms with Gasteiger partial charge in [0.1, 0.15) is 5.82 Å². The summed E-state index contributed by atoms with van der Waals surface area (Å²) < 4.78 is 0. The number of benzene rings is 1. The fraction of sp³-hybridized carbons (Fsp3) is 0.118. The monoisotopic (exact) mass is 328 g/mol. The van der Waals surface area contributed by atoms with E-state index in [4.69, 9.17) is 17.0 Å². The van der Waals surface area contributed by atoms with Crippen molar-refractivity contribution < 1.29 is 4.79 Å². The van der Waals surface area contributed by atoms with E-state index in [1.807, 2.05) is 30.3 Å². The lowest BCUT2D eigenvalue weighted by Crippen LogP contribution is -2.17. The van der Waals surface area contributed by atoms with Gasteiger partial charge >= 0.3 is 0 Å². The number of anilines is 1. The van der Waals surface area contributed by atoms with Gasteiger partial charge in [-0.3, -0.25) is 4.79 Å². The SMILES string of the molecule is CN/C=C(\C=N)C(=O)Nc1ccc(Cc2cccc(Cl)c2)cn1. The molecule has 6 heteroatoms. The highest BCUT2D eigenvalue weighted by atomic mass is 35.5. The van der Waals surface area contributed by atoms with Gasteiger partial charge in [-0.1, -0.05) is 29.8 Å². The fourth-order valence-corrected chi connectivity index (χ4v) is 2.22. The van der Waals surface area contributed by atoms with Crippen LogP contribution < -0.4 is 10.6 Å². The number of amides is 1. The lowest BCUT2D eigenvalue weighted by Gasteiger charge is -2.06. The number of pyridine rings is 1. The molecule has 0 spiro atoms. The van der Waals surface area contributed by atoms with Gasteiger partial charge in [-0.05, 0) is 35.7 Å². The minimum absolute atomic E-state index is 0.220. The molecule has 3 N–H and O–H groups in total. The molecule has 1 aromatic carbocycles. The number of aromatic nitrogens is 1. The van der Waals surface area contributed by atoms with Gasteiger partial charge in [0.25, 0.3) is 5.91 Å². The van der Waals surface area contributed by atoms with E-state index in [9.17, 15) is 4.79 Å². The maximum atomic E-state index is 11.9. The molecule has 0 aliphatic heterocycles. The summed E-state index contributed by atoms with van der Waals surface area (Å²) >= 11 is 5.97. The van der Waals surface area contributed by atoms with Gasteiger partial charge in [0.15, 0.2) is 0 Å². The van der Waals surface area contributed by atoms with Gasteiger partial charge in [0.2, 0.25) is 0 Å². The van der Waals surface area contributed by atoms with Crippen molar-refractivity contribution >= 4 is 29.5 Å². The topological polar surface area (TPSA) is 77.9 Å². The third-order valence-electron chi connectivity index (χ3n) is 3.08. The van der Waals surface area contributed by atoms with Crippen molar-refractivity contribution in [2.24, 2.45) is 0 Å². The molecule has 0 fully saturated rings. The Labute approximate surface area is 139 Å². The van der Waals surface area contributed by atoms with E-state index in [0.29, 0.717) is 17.3 Å². The Kier molecular flexibility index (Phi) is 5.88. The first kappa shape index (κ1) is 16.7. The maximum absolute atomic E-state index is 11.9. The first-order chi connectivity index (χ1) is 11.1. The smallest absolute Gasteiger partial charge is 0.259 e. The van der Waals surface area contributed by atoms with Gasteiger partial charge in [0, 0.05) is 30.7 Å². The zero-order valence-electron chi connectivity index (χ0n) is 12.6. The number of rotatable bonds is 6. The highest BCUT2D eigenvalue weighted by Crippen LogP contribution is 2.15. The van der Waals surface area contributed by atoms with Crippen LogP contribution in [0.4, 0.5) is 5.82 Å². The van der Waals surface area contributed by atoms with Crippen molar-refractivity contribution in [2.45, 2.75) is 6.42 Å². The molecule has 0 radical (unpaired) electrons.